The average molecular weight is 715 g/mol. The monoisotopic (exact) mass is 714 g/mol. The summed E-state index contributed by atoms with van der Waals surface area (Å²) in [6.45, 7) is 2.31. The lowest BCUT2D eigenvalue weighted by Gasteiger charge is -2.23. The molecule has 0 amide bonds. The van der Waals surface area contributed by atoms with Crippen molar-refractivity contribution in [3.8, 4) is 50.5 Å². The van der Waals surface area contributed by atoms with Crippen LogP contribution in [0, 0.1) is 5.92 Å². The number of hydrogen-bond acceptors (Lipinski definition) is 1. The average Bonchev–Trinajstić information content (AvgIpc) is 3.65. The van der Waals surface area contributed by atoms with E-state index in [2.05, 4.69) is 206 Å². The molecule has 264 valence electrons. The molecular formula is C54H38N2. The van der Waals surface area contributed by atoms with Gasteiger partial charge in [-0.15, -0.1) is 0 Å². The van der Waals surface area contributed by atoms with Crippen LogP contribution in [0.2, 0.25) is 0 Å². The number of para-hydroxylation sites is 3. The highest BCUT2D eigenvalue weighted by Gasteiger charge is 2.22. The molecule has 0 N–H and O–H groups in total. The summed E-state index contributed by atoms with van der Waals surface area (Å²) in [5.41, 5.74) is 14.5. The van der Waals surface area contributed by atoms with Gasteiger partial charge in [0.1, 0.15) is 5.82 Å². The standard InChI is InChI=1S/C54H38N2/c1-35-25-31-43-40(33-35)15-12-22-45(43)53-47-20-8-7-19-46(47)52(44-21-11-14-37-13-5-6-18-42(37)44)48-32-30-39(34-49(48)53)36-26-28-38(29-27-36)54-55-50-23-9-10-24-51(50)56(54)41-16-3-2-4-17-41/h2-32,34-35H,33H2,1H3. The normalized spacial score (nSPS) is 13.8. The Bertz CT molecular complexity index is 3160. The number of nitrogens with zero attached hydrogens (tertiary/aromatic N) is 2. The van der Waals surface area contributed by atoms with Crippen LogP contribution < -0.4 is 0 Å². The van der Waals surface area contributed by atoms with Crippen LogP contribution in [-0.4, -0.2) is 9.55 Å². The van der Waals surface area contributed by atoms with E-state index in [1.54, 1.807) is 0 Å². The van der Waals surface area contributed by atoms with Gasteiger partial charge in [-0.3, -0.25) is 4.57 Å². The molecule has 11 rings (SSSR count). The third-order valence-corrected chi connectivity index (χ3v) is 11.7. The van der Waals surface area contributed by atoms with Crippen molar-refractivity contribution in [1.29, 1.82) is 0 Å². The largest absolute Gasteiger partial charge is 0.292 e. The van der Waals surface area contributed by atoms with Crippen LogP contribution in [0.3, 0.4) is 0 Å². The summed E-state index contributed by atoms with van der Waals surface area (Å²) in [5.74, 6) is 1.46. The maximum absolute atomic E-state index is 5.13. The predicted molar refractivity (Wildman–Crippen MR) is 237 cm³/mol. The van der Waals surface area contributed by atoms with E-state index >= 15 is 0 Å². The topological polar surface area (TPSA) is 17.8 Å². The second kappa shape index (κ2) is 13.1. The molecule has 56 heavy (non-hydrogen) atoms. The zero-order chi connectivity index (χ0) is 37.2. The van der Waals surface area contributed by atoms with E-state index in [-0.39, 0.29) is 0 Å². The summed E-state index contributed by atoms with van der Waals surface area (Å²) in [6.07, 6.45) is 5.79. The molecule has 1 aliphatic rings. The molecule has 0 saturated carbocycles. The molecule has 1 aromatic heterocycles. The van der Waals surface area contributed by atoms with Crippen LogP contribution >= 0.6 is 0 Å². The zero-order valence-electron chi connectivity index (χ0n) is 31.2. The van der Waals surface area contributed by atoms with Crippen LogP contribution in [0.15, 0.2) is 188 Å². The molecule has 1 atom stereocenters. The number of allylic oxidation sites excluding steroid dienone is 1. The Labute approximate surface area is 326 Å². The quantitative estimate of drug-likeness (QED) is 0.162. The van der Waals surface area contributed by atoms with Crippen molar-refractivity contribution in [1.82, 2.24) is 9.55 Å². The smallest absolute Gasteiger partial charge is 0.145 e. The Kier molecular flexibility index (Phi) is 7.57. The number of rotatable bonds is 5. The number of benzene rings is 9. The second-order valence-corrected chi connectivity index (χ2v) is 15.2. The van der Waals surface area contributed by atoms with Crippen LogP contribution in [0.5, 0.6) is 0 Å². The Morgan fingerprint density at radius 2 is 1.12 bits per heavy atom. The van der Waals surface area contributed by atoms with Gasteiger partial charge in [-0.25, -0.2) is 4.98 Å². The SMILES string of the molecule is CC1C=Cc2c(cccc2-c2c3ccccc3c(-c3cccc4ccccc34)c3ccc(-c4ccc(-c5nc6ccccc6n5-c5ccccc5)cc4)cc23)C1. The summed E-state index contributed by atoms with van der Waals surface area (Å²) in [5, 5.41) is 7.59. The molecule has 0 saturated heterocycles. The van der Waals surface area contributed by atoms with Gasteiger partial charge in [0.05, 0.1) is 11.0 Å². The first-order chi connectivity index (χ1) is 27.7. The number of hydrogen-bond donors (Lipinski definition) is 0. The number of aromatic nitrogens is 2. The fourth-order valence-corrected chi connectivity index (χ4v) is 9.13. The lowest BCUT2D eigenvalue weighted by atomic mass is 9.80. The second-order valence-electron chi connectivity index (χ2n) is 15.2. The van der Waals surface area contributed by atoms with Crippen LogP contribution in [0.25, 0.3) is 99.9 Å². The van der Waals surface area contributed by atoms with Gasteiger partial charge in [-0.1, -0.05) is 171 Å². The minimum Gasteiger partial charge on any atom is -0.292 e. The Hall–Kier alpha value is -7.03. The minimum atomic E-state index is 0.527. The van der Waals surface area contributed by atoms with Gasteiger partial charge in [-0.05, 0) is 119 Å². The van der Waals surface area contributed by atoms with Gasteiger partial charge in [0.15, 0.2) is 0 Å². The molecule has 0 aliphatic heterocycles. The Morgan fingerprint density at radius 3 is 1.96 bits per heavy atom. The molecule has 10 aromatic rings. The van der Waals surface area contributed by atoms with Crippen molar-refractivity contribution < 1.29 is 0 Å². The molecule has 9 aromatic carbocycles. The zero-order valence-corrected chi connectivity index (χ0v) is 31.2. The lowest BCUT2D eigenvalue weighted by molar-refractivity contribution is 0.717. The number of fused-ring (bicyclic) bond motifs is 5. The molecule has 0 radical (unpaired) electrons. The molecule has 0 spiro atoms. The van der Waals surface area contributed by atoms with Crippen LogP contribution in [0.4, 0.5) is 0 Å². The van der Waals surface area contributed by atoms with Gasteiger partial charge in [0.2, 0.25) is 0 Å². The first-order valence-corrected chi connectivity index (χ1v) is 19.6. The van der Waals surface area contributed by atoms with Crippen LogP contribution in [0.1, 0.15) is 18.1 Å². The molecule has 0 fully saturated rings. The van der Waals surface area contributed by atoms with Crippen molar-refractivity contribution in [3.05, 3.63) is 199 Å². The Morgan fingerprint density at radius 1 is 0.500 bits per heavy atom. The first-order valence-electron chi connectivity index (χ1n) is 19.6. The van der Waals surface area contributed by atoms with Crippen LogP contribution in [-0.2, 0) is 6.42 Å². The maximum atomic E-state index is 5.13. The summed E-state index contributed by atoms with van der Waals surface area (Å²) in [7, 11) is 0. The van der Waals surface area contributed by atoms with E-state index in [0.29, 0.717) is 5.92 Å². The summed E-state index contributed by atoms with van der Waals surface area (Å²) >= 11 is 0. The van der Waals surface area contributed by atoms with E-state index in [9.17, 15) is 0 Å². The van der Waals surface area contributed by atoms with Gasteiger partial charge in [0.25, 0.3) is 0 Å². The number of imidazole rings is 1. The third kappa shape index (κ3) is 5.21. The first kappa shape index (κ1) is 32.4. The highest BCUT2D eigenvalue weighted by Crippen LogP contribution is 2.48. The van der Waals surface area contributed by atoms with E-state index in [4.69, 9.17) is 4.98 Å². The Balaban J connectivity index is 1.15. The van der Waals surface area contributed by atoms with Crippen molar-refractivity contribution in [2.24, 2.45) is 5.92 Å². The van der Waals surface area contributed by atoms with Gasteiger partial charge in [-0.2, -0.15) is 0 Å². The minimum absolute atomic E-state index is 0.527. The van der Waals surface area contributed by atoms with E-state index in [0.717, 1.165) is 34.5 Å². The van der Waals surface area contributed by atoms with Crippen molar-refractivity contribution in [2.75, 3.05) is 0 Å². The molecule has 2 heteroatoms. The molecule has 1 unspecified atom stereocenters. The van der Waals surface area contributed by atoms with E-state index in [1.807, 2.05) is 0 Å². The van der Waals surface area contributed by atoms with Crippen molar-refractivity contribution >= 4 is 49.4 Å². The maximum Gasteiger partial charge on any atom is 0.145 e. The van der Waals surface area contributed by atoms with Gasteiger partial charge in [0, 0.05) is 11.3 Å². The summed E-state index contributed by atoms with van der Waals surface area (Å²) < 4.78 is 2.27. The third-order valence-electron chi connectivity index (χ3n) is 11.7. The molecule has 1 aliphatic carbocycles. The van der Waals surface area contributed by atoms with Crippen molar-refractivity contribution in [3.63, 3.8) is 0 Å². The van der Waals surface area contributed by atoms with E-state index < -0.39 is 0 Å². The summed E-state index contributed by atoms with van der Waals surface area (Å²) in [6, 6.07) is 66.4. The molecule has 1 heterocycles. The highest BCUT2D eigenvalue weighted by atomic mass is 15.1. The predicted octanol–water partition coefficient (Wildman–Crippen LogP) is 14.4. The van der Waals surface area contributed by atoms with E-state index in [1.165, 1.54) is 76.8 Å². The van der Waals surface area contributed by atoms with Gasteiger partial charge < -0.3 is 0 Å². The highest BCUT2D eigenvalue weighted by molar-refractivity contribution is 6.24. The van der Waals surface area contributed by atoms with Gasteiger partial charge >= 0.3 is 0 Å². The fraction of sp³-hybridized carbons (Fsp3) is 0.0556. The summed E-state index contributed by atoms with van der Waals surface area (Å²) in [4.78, 5) is 5.13. The lowest BCUT2D eigenvalue weighted by Crippen LogP contribution is -2.04. The molecule has 0 bridgehead atoms. The fourth-order valence-electron chi connectivity index (χ4n) is 9.13. The molecule has 2 nitrogen and oxygen atoms in total. The molecular weight excluding hydrogens is 677 g/mol. The van der Waals surface area contributed by atoms with Crippen molar-refractivity contribution in [2.45, 2.75) is 13.3 Å².